The molecule has 1 nitrogen and oxygen atoms in total. The molecule has 1 heteroatoms. The van der Waals surface area contributed by atoms with Crippen molar-refractivity contribution in [2.75, 3.05) is 0 Å². The van der Waals surface area contributed by atoms with E-state index in [1.54, 1.807) is 0 Å². The molecule has 0 aliphatic carbocycles. The summed E-state index contributed by atoms with van der Waals surface area (Å²) in [5.41, 5.74) is 8.14. The van der Waals surface area contributed by atoms with Gasteiger partial charge in [-0.25, -0.2) is 0 Å². The largest absolute Gasteiger partial charge is 0.455 e. The molecule has 0 atom stereocenters. The van der Waals surface area contributed by atoms with Crippen LogP contribution in [0.25, 0.3) is 87.3 Å². The Bertz CT molecular complexity index is 2470. The Hall–Kier alpha value is -5.40. The highest BCUT2D eigenvalue weighted by atomic mass is 16.3. The van der Waals surface area contributed by atoms with Gasteiger partial charge in [-0.15, -0.1) is 0 Å². The number of hydrogen-bond acceptors (Lipinski definition) is 1. The minimum Gasteiger partial charge on any atom is -0.455 e. The summed E-state index contributed by atoms with van der Waals surface area (Å²) in [7, 11) is 0. The summed E-state index contributed by atoms with van der Waals surface area (Å²) >= 11 is 0. The molecule has 1 aromatic heterocycles. The van der Waals surface area contributed by atoms with E-state index in [2.05, 4.69) is 146 Å². The highest BCUT2D eigenvalue weighted by molar-refractivity contribution is 6.23. The van der Waals surface area contributed by atoms with Crippen LogP contribution >= 0.6 is 0 Å². The second kappa shape index (κ2) is 8.80. The summed E-state index contributed by atoms with van der Waals surface area (Å²) in [6.45, 7) is 2.19. The summed E-state index contributed by atoms with van der Waals surface area (Å²) in [5, 5.41) is 12.3. The van der Waals surface area contributed by atoms with E-state index in [-0.39, 0.29) is 0 Å². The summed E-state index contributed by atoms with van der Waals surface area (Å²) in [6.07, 6.45) is 0. The highest BCUT2D eigenvalue weighted by Crippen LogP contribution is 2.45. The second-order valence-electron chi connectivity index (χ2n) is 11.3. The van der Waals surface area contributed by atoms with Crippen LogP contribution in [0.3, 0.4) is 0 Å². The lowest BCUT2D eigenvalue weighted by atomic mass is 9.85. The van der Waals surface area contributed by atoms with Gasteiger partial charge in [0.15, 0.2) is 0 Å². The smallest absolute Gasteiger partial charge is 0.143 e. The van der Waals surface area contributed by atoms with E-state index in [0.29, 0.717) is 0 Å². The summed E-state index contributed by atoms with van der Waals surface area (Å²) in [5.74, 6) is 0. The first kappa shape index (κ1) is 23.3. The Balaban J connectivity index is 1.37. The molecule has 0 radical (unpaired) electrons. The van der Waals surface area contributed by atoms with Gasteiger partial charge in [0, 0.05) is 16.2 Å². The van der Waals surface area contributed by atoms with Gasteiger partial charge in [0.05, 0.1) is 0 Å². The van der Waals surface area contributed by atoms with Crippen molar-refractivity contribution in [1.82, 2.24) is 0 Å². The van der Waals surface area contributed by atoms with E-state index >= 15 is 0 Å². The predicted octanol–water partition coefficient (Wildman–Crippen LogP) is 11.8. The zero-order valence-electron chi connectivity index (χ0n) is 23.2. The Morgan fingerprint density at radius 1 is 0.381 bits per heavy atom. The van der Waals surface area contributed by atoms with Crippen LogP contribution in [0.15, 0.2) is 144 Å². The van der Waals surface area contributed by atoms with Crippen molar-refractivity contribution in [3.63, 3.8) is 0 Å². The molecule has 9 aromatic rings. The van der Waals surface area contributed by atoms with Gasteiger partial charge in [0.25, 0.3) is 0 Å². The fourth-order valence-corrected chi connectivity index (χ4v) is 7.03. The summed E-state index contributed by atoms with van der Waals surface area (Å²) in [4.78, 5) is 0. The minimum absolute atomic E-state index is 0.922. The van der Waals surface area contributed by atoms with Crippen molar-refractivity contribution in [3.05, 3.63) is 145 Å². The van der Waals surface area contributed by atoms with Gasteiger partial charge in [-0.2, -0.15) is 0 Å². The maximum absolute atomic E-state index is 6.50. The van der Waals surface area contributed by atoms with E-state index in [0.717, 1.165) is 16.6 Å². The van der Waals surface area contributed by atoms with E-state index in [1.807, 2.05) is 0 Å². The SMILES string of the molecule is Cc1cc2c3cc(-c4c5ccccc5c(-c5ccc6ccccc6c5)c5ccccc45)ccc3oc2c2ccccc12. The molecule has 0 spiro atoms. The standard InChI is InChI=1S/C41H26O/c1-25-22-37-36-24-29(20-21-38(36)42-41(37)35-17-9-4-12-30(25)35)40-33-15-7-5-13-31(33)39(32-14-6-8-16-34(32)40)28-19-18-26-10-2-3-11-27(26)23-28/h2-24H,1H3. The van der Waals surface area contributed by atoms with Crippen LogP contribution < -0.4 is 0 Å². The molecule has 0 unspecified atom stereocenters. The molecule has 0 aliphatic heterocycles. The molecule has 196 valence electrons. The van der Waals surface area contributed by atoms with Crippen LogP contribution in [0, 0.1) is 6.92 Å². The lowest BCUT2D eigenvalue weighted by molar-refractivity contribution is 0.672. The summed E-state index contributed by atoms with van der Waals surface area (Å²) in [6, 6.07) is 50.7. The first-order valence-corrected chi connectivity index (χ1v) is 14.5. The predicted molar refractivity (Wildman–Crippen MR) is 179 cm³/mol. The zero-order chi connectivity index (χ0) is 27.8. The molecule has 1 heterocycles. The third kappa shape index (κ3) is 3.31. The average Bonchev–Trinajstić information content (AvgIpc) is 3.41. The van der Waals surface area contributed by atoms with E-state index in [4.69, 9.17) is 4.42 Å². The molecule has 0 bridgehead atoms. The maximum Gasteiger partial charge on any atom is 0.143 e. The van der Waals surface area contributed by atoms with Crippen LogP contribution in [0.5, 0.6) is 0 Å². The van der Waals surface area contributed by atoms with E-state index < -0.39 is 0 Å². The van der Waals surface area contributed by atoms with Crippen molar-refractivity contribution < 1.29 is 4.42 Å². The molecule has 0 N–H and O–H groups in total. The van der Waals surface area contributed by atoms with Crippen molar-refractivity contribution in [2.24, 2.45) is 0 Å². The number of aryl methyl sites for hydroxylation is 1. The molecule has 0 fully saturated rings. The van der Waals surface area contributed by atoms with Crippen LogP contribution in [-0.4, -0.2) is 0 Å². The number of furan rings is 1. The van der Waals surface area contributed by atoms with E-state index in [9.17, 15) is 0 Å². The lowest BCUT2D eigenvalue weighted by Crippen LogP contribution is -1.91. The molecule has 8 aromatic carbocycles. The number of hydrogen-bond donors (Lipinski definition) is 0. The number of benzene rings is 8. The molecule has 0 saturated heterocycles. The van der Waals surface area contributed by atoms with Gasteiger partial charge in [-0.05, 0) is 96.7 Å². The molecule has 9 rings (SSSR count). The Morgan fingerprint density at radius 2 is 0.905 bits per heavy atom. The quantitative estimate of drug-likeness (QED) is 0.201. The van der Waals surface area contributed by atoms with Crippen molar-refractivity contribution in [2.45, 2.75) is 6.92 Å². The average molecular weight is 535 g/mol. The van der Waals surface area contributed by atoms with Crippen LogP contribution in [0.2, 0.25) is 0 Å². The first-order valence-electron chi connectivity index (χ1n) is 14.5. The Morgan fingerprint density at radius 3 is 1.57 bits per heavy atom. The minimum atomic E-state index is 0.922. The summed E-state index contributed by atoms with van der Waals surface area (Å²) < 4.78 is 6.50. The third-order valence-corrected chi connectivity index (χ3v) is 8.94. The van der Waals surface area contributed by atoms with Crippen molar-refractivity contribution in [3.8, 4) is 22.3 Å². The zero-order valence-corrected chi connectivity index (χ0v) is 23.2. The topological polar surface area (TPSA) is 13.1 Å². The normalized spacial score (nSPS) is 11.9. The Labute approximate surface area is 243 Å². The van der Waals surface area contributed by atoms with Crippen LogP contribution in [-0.2, 0) is 0 Å². The monoisotopic (exact) mass is 534 g/mol. The van der Waals surface area contributed by atoms with Gasteiger partial charge in [0.2, 0.25) is 0 Å². The third-order valence-electron chi connectivity index (χ3n) is 8.94. The van der Waals surface area contributed by atoms with Gasteiger partial charge in [0.1, 0.15) is 11.2 Å². The first-order chi connectivity index (χ1) is 20.7. The highest BCUT2D eigenvalue weighted by Gasteiger charge is 2.18. The van der Waals surface area contributed by atoms with Gasteiger partial charge < -0.3 is 4.42 Å². The van der Waals surface area contributed by atoms with Gasteiger partial charge in [-0.1, -0.05) is 115 Å². The van der Waals surface area contributed by atoms with Gasteiger partial charge in [-0.3, -0.25) is 0 Å². The lowest BCUT2D eigenvalue weighted by Gasteiger charge is -2.18. The van der Waals surface area contributed by atoms with Crippen LogP contribution in [0.4, 0.5) is 0 Å². The molecule has 42 heavy (non-hydrogen) atoms. The van der Waals surface area contributed by atoms with Crippen molar-refractivity contribution >= 4 is 65.0 Å². The molecular formula is C41H26O. The Kier molecular flexibility index (Phi) is 4.88. The molecule has 0 aliphatic rings. The molecule has 0 saturated carbocycles. The molecule has 0 amide bonds. The van der Waals surface area contributed by atoms with E-state index in [1.165, 1.54) is 76.3 Å². The van der Waals surface area contributed by atoms with Crippen molar-refractivity contribution in [1.29, 1.82) is 0 Å². The number of fused-ring (bicyclic) bond motifs is 8. The molecular weight excluding hydrogens is 508 g/mol. The maximum atomic E-state index is 6.50. The van der Waals surface area contributed by atoms with Crippen LogP contribution in [0.1, 0.15) is 5.56 Å². The fourth-order valence-electron chi connectivity index (χ4n) is 7.03. The number of rotatable bonds is 2. The fraction of sp³-hybridized carbons (Fsp3) is 0.0244. The van der Waals surface area contributed by atoms with Gasteiger partial charge >= 0.3 is 0 Å². The second-order valence-corrected chi connectivity index (χ2v) is 11.3.